The number of rotatable bonds is 12. The summed E-state index contributed by atoms with van der Waals surface area (Å²) in [5, 5.41) is 8.47. The lowest BCUT2D eigenvalue weighted by Crippen LogP contribution is -2.31. The Labute approximate surface area is 272 Å². The van der Waals surface area contributed by atoms with E-state index in [1.807, 2.05) is 12.1 Å². The Hall–Kier alpha value is -5.23. The fraction of sp³-hybridized carbons (Fsp3) is 0.176. The van der Waals surface area contributed by atoms with E-state index in [4.69, 9.17) is 13.9 Å². The highest BCUT2D eigenvalue weighted by Gasteiger charge is 2.14. The quantitative estimate of drug-likeness (QED) is 0.127. The summed E-state index contributed by atoms with van der Waals surface area (Å²) in [4.78, 5) is 40.8. The molecule has 5 aromatic rings. The number of aromatic nitrogens is 1. The molecule has 0 atom stereocenters. The van der Waals surface area contributed by atoms with Crippen LogP contribution in [0.5, 0.6) is 5.75 Å². The number of benzene rings is 4. The maximum absolute atomic E-state index is 15.1. The monoisotopic (exact) mass is 688 g/mol. The third kappa shape index (κ3) is 8.07. The van der Waals surface area contributed by atoms with E-state index in [2.05, 4.69) is 36.9 Å². The predicted octanol–water partition coefficient (Wildman–Crippen LogP) is 6.49. The van der Waals surface area contributed by atoms with Crippen molar-refractivity contribution in [3.63, 3.8) is 0 Å². The van der Waals surface area contributed by atoms with E-state index in [-0.39, 0.29) is 37.3 Å². The van der Waals surface area contributed by atoms with Crippen molar-refractivity contribution in [3.8, 4) is 17.2 Å². The van der Waals surface area contributed by atoms with Crippen molar-refractivity contribution in [1.29, 1.82) is 0 Å². The summed E-state index contributed by atoms with van der Waals surface area (Å²) in [6, 6.07) is 22.1. The van der Waals surface area contributed by atoms with Gasteiger partial charge in [0, 0.05) is 23.4 Å². The number of fused-ring (bicyclic) bond motifs is 1. The number of oxazole rings is 1. The van der Waals surface area contributed by atoms with Crippen LogP contribution in [0.1, 0.15) is 28.4 Å². The lowest BCUT2D eigenvalue weighted by molar-refractivity contribution is -0.143. The lowest BCUT2D eigenvalue weighted by Gasteiger charge is -2.10. The lowest BCUT2D eigenvalue weighted by atomic mass is 10.1. The number of ether oxygens (including phenoxy) is 2. The van der Waals surface area contributed by atoms with Gasteiger partial charge in [-0.25, -0.2) is 9.37 Å². The molecular weight excluding hydrogens is 659 g/mol. The molecule has 236 valence electrons. The van der Waals surface area contributed by atoms with Gasteiger partial charge < -0.3 is 29.8 Å². The molecule has 0 spiro atoms. The molecule has 4 aromatic carbocycles. The van der Waals surface area contributed by atoms with Crippen molar-refractivity contribution in [2.75, 3.05) is 30.9 Å². The normalized spacial score (nSPS) is 10.8. The summed E-state index contributed by atoms with van der Waals surface area (Å²) in [6.07, 6.45) is 0.0474. The SMILES string of the molecule is CCOC(=O)CNC(=O)Cc1ccc2oc(-c3ccc(NCc4ccc(NC(=O)c5ccc(OC)c(Br)c5)cc4)c(F)c3)nc2c1. The van der Waals surface area contributed by atoms with E-state index >= 15 is 4.39 Å². The van der Waals surface area contributed by atoms with Gasteiger partial charge in [-0.1, -0.05) is 18.2 Å². The van der Waals surface area contributed by atoms with Gasteiger partial charge in [0.2, 0.25) is 11.8 Å². The van der Waals surface area contributed by atoms with E-state index in [9.17, 15) is 14.4 Å². The van der Waals surface area contributed by atoms with Crippen LogP contribution in [0, 0.1) is 5.82 Å². The molecule has 0 saturated heterocycles. The molecule has 3 N–H and O–H groups in total. The maximum Gasteiger partial charge on any atom is 0.325 e. The number of amides is 2. The first kappa shape index (κ1) is 32.2. The Balaban J connectivity index is 1.17. The molecule has 0 fully saturated rings. The Bertz CT molecular complexity index is 1890. The van der Waals surface area contributed by atoms with Crippen LogP contribution in [0.15, 0.2) is 87.8 Å². The number of methoxy groups -OCH3 is 1. The number of carbonyl (C=O) groups excluding carboxylic acids is 3. The molecule has 0 aliphatic heterocycles. The molecule has 12 heteroatoms. The number of hydrogen-bond donors (Lipinski definition) is 3. The largest absolute Gasteiger partial charge is 0.496 e. The molecular formula is C34H30BrFN4O6. The van der Waals surface area contributed by atoms with Crippen LogP contribution in [-0.2, 0) is 27.3 Å². The number of esters is 1. The molecule has 0 aliphatic carbocycles. The van der Waals surface area contributed by atoms with E-state index in [0.717, 1.165) is 5.56 Å². The first-order chi connectivity index (χ1) is 22.2. The number of hydrogen-bond acceptors (Lipinski definition) is 8. The smallest absolute Gasteiger partial charge is 0.325 e. The zero-order valence-corrected chi connectivity index (χ0v) is 26.6. The minimum atomic E-state index is -0.503. The Morgan fingerprint density at radius 2 is 1.74 bits per heavy atom. The van der Waals surface area contributed by atoms with Crippen molar-refractivity contribution in [1.82, 2.24) is 10.3 Å². The van der Waals surface area contributed by atoms with Crippen molar-refractivity contribution in [3.05, 3.63) is 106 Å². The fourth-order valence-corrected chi connectivity index (χ4v) is 5.08. The first-order valence-electron chi connectivity index (χ1n) is 14.3. The average Bonchev–Trinajstić information content (AvgIpc) is 3.47. The van der Waals surface area contributed by atoms with Crippen molar-refractivity contribution in [2.24, 2.45) is 0 Å². The van der Waals surface area contributed by atoms with E-state index in [1.54, 1.807) is 74.7 Å². The average molecular weight is 690 g/mol. The van der Waals surface area contributed by atoms with E-state index in [1.165, 1.54) is 6.07 Å². The van der Waals surface area contributed by atoms with Crippen molar-refractivity contribution < 1.29 is 32.7 Å². The Kier molecular flexibility index (Phi) is 10.3. The van der Waals surface area contributed by atoms with Gasteiger partial charge >= 0.3 is 5.97 Å². The van der Waals surface area contributed by atoms with Gasteiger partial charge in [-0.05, 0) is 94.6 Å². The summed E-state index contributed by atoms with van der Waals surface area (Å²) < 4.78 is 31.6. The molecule has 0 radical (unpaired) electrons. The van der Waals surface area contributed by atoms with Crippen LogP contribution >= 0.6 is 15.9 Å². The highest BCUT2D eigenvalue weighted by molar-refractivity contribution is 9.10. The molecule has 10 nitrogen and oxygen atoms in total. The van der Waals surface area contributed by atoms with Crippen molar-refractivity contribution in [2.45, 2.75) is 19.9 Å². The highest BCUT2D eigenvalue weighted by atomic mass is 79.9. The second kappa shape index (κ2) is 14.7. The van der Waals surface area contributed by atoms with Gasteiger partial charge in [-0.3, -0.25) is 14.4 Å². The molecule has 46 heavy (non-hydrogen) atoms. The number of nitrogens with one attached hydrogen (secondary N) is 3. The number of halogens is 2. The summed E-state index contributed by atoms with van der Waals surface area (Å²) in [5.74, 6) is -0.697. The molecule has 0 unspecified atom stereocenters. The van der Waals surface area contributed by atoms with Gasteiger partial charge in [-0.2, -0.15) is 0 Å². The van der Waals surface area contributed by atoms with Crippen LogP contribution < -0.4 is 20.7 Å². The number of carbonyl (C=O) groups is 3. The zero-order chi connectivity index (χ0) is 32.6. The maximum atomic E-state index is 15.1. The molecule has 1 heterocycles. The van der Waals surface area contributed by atoms with E-state index < -0.39 is 11.8 Å². The van der Waals surface area contributed by atoms with Gasteiger partial charge in [0.25, 0.3) is 5.91 Å². The topological polar surface area (TPSA) is 132 Å². The summed E-state index contributed by atoms with van der Waals surface area (Å²) in [7, 11) is 1.56. The van der Waals surface area contributed by atoms with Crippen molar-refractivity contribution >= 4 is 56.2 Å². The van der Waals surface area contributed by atoms with Gasteiger partial charge in [-0.15, -0.1) is 0 Å². The predicted molar refractivity (Wildman–Crippen MR) is 175 cm³/mol. The summed E-state index contributed by atoms with van der Waals surface area (Å²) >= 11 is 3.39. The third-order valence-electron chi connectivity index (χ3n) is 6.88. The van der Waals surface area contributed by atoms with Crippen LogP contribution in [0.4, 0.5) is 15.8 Å². The molecule has 2 amide bonds. The second-order valence-corrected chi connectivity index (χ2v) is 11.0. The second-order valence-electron chi connectivity index (χ2n) is 10.1. The number of anilines is 2. The molecule has 0 bridgehead atoms. The van der Waals surface area contributed by atoms with Crippen LogP contribution in [0.25, 0.3) is 22.6 Å². The summed E-state index contributed by atoms with van der Waals surface area (Å²) in [5.41, 5.74) is 4.44. The molecule has 5 rings (SSSR count). The standard InChI is InChI=1S/C34H30BrFN4O6/c1-3-45-32(42)19-38-31(41)15-21-6-12-30-28(14-21)40-34(46-30)23-7-11-27(26(36)17-23)37-18-20-4-9-24(10-5-20)39-33(43)22-8-13-29(44-2)25(35)16-22/h4-14,16-17,37H,3,15,18-19H2,1-2H3,(H,38,41)(H,39,43). The van der Waals surface area contributed by atoms with Crippen LogP contribution in [-0.4, -0.2) is 43.0 Å². The minimum absolute atomic E-state index is 0.0474. The molecule has 0 aliphatic rings. The van der Waals surface area contributed by atoms with Crippen LogP contribution in [0.3, 0.4) is 0 Å². The zero-order valence-electron chi connectivity index (χ0n) is 25.0. The first-order valence-corrected chi connectivity index (χ1v) is 15.1. The Morgan fingerprint density at radius 1 is 0.957 bits per heavy atom. The van der Waals surface area contributed by atoms with E-state index in [0.29, 0.717) is 55.9 Å². The fourth-order valence-electron chi connectivity index (χ4n) is 4.54. The van der Waals surface area contributed by atoms with Gasteiger partial charge in [0.1, 0.15) is 23.6 Å². The van der Waals surface area contributed by atoms with Gasteiger partial charge in [0.05, 0.1) is 30.3 Å². The molecule has 1 aromatic heterocycles. The minimum Gasteiger partial charge on any atom is -0.496 e. The number of nitrogens with zero attached hydrogens (tertiary/aromatic N) is 1. The molecule has 0 saturated carbocycles. The highest BCUT2D eigenvalue weighted by Crippen LogP contribution is 2.29. The third-order valence-corrected chi connectivity index (χ3v) is 7.50. The Morgan fingerprint density at radius 3 is 2.46 bits per heavy atom. The summed E-state index contributed by atoms with van der Waals surface area (Å²) in [6.45, 7) is 2.09. The van der Waals surface area contributed by atoms with Crippen LogP contribution in [0.2, 0.25) is 0 Å². The van der Waals surface area contributed by atoms with Gasteiger partial charge in [0.15, 0.2) is 5.58 Å².